The van der Waals surface area contributed by atoms with Crippen molar-refractivity contribution in [3.63, 3.8) is 0 Å². The van der Waals surface area contributed by atoms with Crippen LogP contribution in [0.4, 0.5) is 9.18 Å². The maximum Gasteiger partial charge on any atom is 0.407 e. The number of rotatable bonds is 6. The number of amides is 1. The molecule has 0 radical (unpaired) electrons. The molecule has 4 aromatic rings. The van der Waals surface area contributed by atoms with E-state index in [0.29, 0.717) is 10.9 Å². The van der Waals surface area contributed by atoms with E-state index in [4.69, 9.17) is 4.74 Å². The number of hydrogen-bond acceptors (Lipinski definition) is 3. The molecule has 5 nitrogen and oxygen atoms in total. The van der Waals surface area contributed by atoms with E-state index in [1.807, 2.05) is 60.7 Å². The molecule has 2 N–H and O–H groups in total. The average molecular weight is 470 g/mol. The number of alkyl carbamates (subject to hydrolysis) is 1. The van der Waals surface area contributed by atoms with Crippen molar-refractivity contribution in [1.29, 1.82) is 0 Å². The lowest BCUT2D eigenvalue weighted by atomic mass is 9.89. The van der Waals surface area contributed by atoms with Gasteiger partial charge in [-0.1, -0.05) is 79.7 Å². The van der Waals surface area contributed by atoms with Crippen LogP contribution in [0, 0.1) is 5.82 Å². The number of aliphatic carboxylic acids is 1. The van der Waals surface area contributed by atoms with E-state index in [1.54, 1.807) is 19.1 Å². The van der Waals surface area contributed by atoms with E-state index in [1.165, 1.54) is 12.1 Å². The van der Waals surface area contributed by atoms with Crippen molar-refractivity contribution in [1.82, 2.24) is 5.32 Å². The third kappa shape index (κ3) is 4.23. The van der Waals surface area contributed by atoms with Crippen LogP contribution in [0.1, 0.15) is 35.4 Å². The van der Waals surface area contributed by atoms with Gasteiger partial charge in [-0.3, -0.25) is 0 Å². The van der Waals surface area contributed by atoms with Crippen molar-refractivity contribution >= 4 is 22.8 Å². The Morgan fingerprint density at radius 2 is 1.54 bits per heavy atom. The van der Waals surface area contributed by atoms with Gasteiger partial charge in [0.25, 0.3) is 0 Å². The smallest absolute Gasteiger partial charge is 0.407 e. The highest BCUT2D eigenvalue weighted by molar-refractivity contribution is 5.88. The normalized spacial score (nSPS) is 14.1. The minimum Gasteiger partial charge on any atom is -0.480 e. The summed E-state index contributed by atoms with van der Waals surface area (Å²) in [6.07, 6.45) is -0.827. The zero-order valence-electron chi connectivity index (χ0n) is 19.1. The van der Waals surface area contributed by atoms with Gasteiger partial charge in [-0.15, -0.1) is 0 Å². The summed E-state index contributed by atoms with van der Waals surface area (Å²) in [4.78, 5) is 24.8. The highest BCUT2D eigenvalue weighted by Gasteiger charge is 2.32. The molecule has 35 heavy (non-hydrogen) atoms. The standard InChI is InChI=1S/C29H24FNO4/c1-17(25-15-19(30)14-18-8-2-3-9-20(18)25)27(28(32)33)31-29(34)35-16-26-23-12-6-4-10-21(23)22-11-5-7-13-24(22)26/h2-15,17,26-27H,16H2,1H3,(H,31,34)(H,32,33)/t17-,27-/m0/s1. The lowest BCUT2D eigenvalue weighted by Gasteiger charge is -2.23. The minimum atomic E-state index is -1.30. The predicted molar refractivity (Wildman–Crippen MR) is 132 cm³/mol. The molecule has 1 amide bonds. The average Bonchev–Trinajstić information content (AvgIpc) is 3.18. The summed E-state index contributed by atoms with van der Waals surface area (Å²) >= 11 is 0. The quantitative estimate of drug-likeness (QED) is 0.359. The molecule has 0 saturated heterocycles. The zero-order chi connectivity index (χ0) is 24.5. The molecule has 0 bridgehead atoms. The van der Waals surface area contributed by atoms with E-state index >= 15 is 0 Å². The summed E-state index contributed by atoms with van der Waals surface area (Å²) < 4.78 is 19.8. The maximum absolute atomic E-state index is 14.3. The zero-order valence-corrected chi connectivity index (χ0v) is 19.1. The van der Waals surface area contributed by atoms with Crippen LogP contribution in [-0.4, -0.2) is 29.8 Å². The molecule has 2 atom stereocenters. The summed E-state index contributed by atoms with van der Waals surface area (Å²) in [6.45, 7) is 1.73. The van der Waals surface area contributed by atoms with Gasteiger partial charge in [0.1, 0.15) is 18.5 Å². The molecule has 5 rings (SSSR count). The van der Waals surface area contributed by atoms with Crippen LogP contribution in [0.25, 0.3) is 21.9 Å². The van der Waals surface area contributed by atoms with Crippen LogP contribution in [0.3, 0.4) is 0 Å². The summed E-state index contributed by atoms with van der Waals surface area (Å²) in [5.41, 5.74) is 4.85. The van der Waals surface area contributed by atoms with Crippen LogP contribution in [0.2, 0.25) is 0 Å². The van der Waals surface area contributed by atoms with Gasteiger partial charge in [0.15, 0.2) is 0 Å². The largest absolute Gasteiger partial charge is 0.480 e. The number of carboxylic acid groups (broad SMARTS) is 1. The van der Waals surface area contributed by atoms with Gasteiger partial charge >= 0.3 is 12.1 Å². The molecule has 176 valence electrons. The molecule has 0 spiro atoms. The molecule has 0 unspecified atom stereocenters. The first-order valence-electron chi connectivity index (χ1n) is 11.5. The number of benzene rings is 4. The van der Waals surface area contributed by atoms with Crippen LogP contribution in [-0.2, 0) is 9.53 Å². The molecule has 1 aliphatic carbocycles. The van der Waals surface area contributed by atoms with Crippen molar-refractivity contribution in [3.05, 3.63) is 107 Å². The highest BCUT2D eigenvalue weighted by Crippen LogP contribution is 2.44. The first kappa shape index (κ1) is 22.6. The molecular formula is C29H24FNO4. The van der Waals surface area contributed by atoms with Gasteiger partial charge in [0.2, 0.25) is 0 Å². The third-order valence-corrected chi connectivity index (χ3v) is 6.73. The minimum absolute atomic E-state index is 0.0729. The SMILES string of the molecule is C[C@@H](c1cc(F)cc2ccccc12)[C@H](NC(=O)OCC1c2ccccc2-c2ccccc21)C(=O)O. The molecule has 4 aromatic carbocycles. The number of fused-ring (bicyclic) bond motifs is 4. The second kappa shape index (κ2) is 9.22. The number of hydrogen-bond donors (Lipinski definition) is 2. The molecule has 0 heterocycles. The maximum atomic E-state index is 14.3. The van der Waals surface area contributed by atoms with E-state index in [2.05, 4.69) is 5.32 Å². The fourth-order valence-electron chi connectivity index (χ4n) is 5.03. The summed E-state index contributed by atoms with van der Waals surface area (Å²) in [5.74, 6) is -2.52. The third-order valence-electron chi connectivity index (χ3n) is 6.73. The second-order valence-corrected chi connectivity index (χ2v) is 8.79. The van der Waals surface area contributed by atoms with E-state index in [-0.39, 0.29) is 12.5 Å². The number of carbonyl (C=O) groups excluding carboxylic acids is 1. The molecule has 0 saturated carbocycles. The summed E-state index contributed by atoms with van der Waals surface area (Å²) in [5, 5.41) is 13.8. The fraction of sp³-hybridized carbons (Fsp3) is 0.172. The lowest BCUT2D eigenvalue weighted by molar-refractivity contribution is -0.139. The monoisotopic (exact) mass is 469 g/mol. The summed E-state index contributed by atoms with van der Waals surface area (Å²) in [7, 11) is 0. The second-order valence-electron chi connectivity index (χ2n) is 8.79. The topological polar surface area (TPSA) is 75.6 Å². The predicted octanol–water partition coefficient (Wildman–Crippen LogP) is 6.07. The Morgan fingerprint density at radius 3 is 2.20 bits per heavy atom. The van der Waals surface area contributed by atoms with Crippen molar-refractivity contribution in [2.75, 3.05) is 6.61 Å². The van der Waals surface area contributed by atoms with Gasteiger partial charge in [-0.05, 0) is 50.7 Å². The van der Waals surface area contributed by atoms with Crippen molar-refractivity contribution in [2.24, 2.45) is 0 Å². The number of ether oxygens (including phenoxy) is 1. The van der Waals surface area contributed by atoms with Gasteiger partial charge < -0.3 is 15.2 Å². The Balaban J connectivity index is 1.34. The Morgan fingerprint density at radius 1 is 0.943 bits per heavy atom. The molecule has 0 aromatic heterocycles. The Labute approximate surface area is 202 Å². The van der Waals surface area contributed by atoms with E-state index in [0.717, 1.165) is 27.6 Å². The van der Waals surface area contributed by atoms with Gasteiger partial charge in [0, 0.05) is 11.8 Å². The summed E-state index contributed by atoms with van der Waals surface area (Å²) in [6, 6.07) is 24.6. The first-order valence-corrected chi connectivity index (χ1v) is 11.5. The lowest BCUT2D eigenvalue weighted by Crippen LogP contribution is -2.44. The van der Waals surface area contributed by atoms with Gasteiger partial charge in [0.05, 0.1) is 0 Å². The fourth-order valence-corrected chi connectivity index (χ4v) is 5.03. The van der Waals surface area contributed by atoms with Gasteiger partial charge in [-0.25, -0.2) is 14.0 Å². The van der Waals surface area contributed by atoms with Crippen LogP contribution in [0.15, 0.2) is 84.9 Å². The Hall–Kier alpha value is -4.19. The van der Waals surface area contributed by atoms with Crippen LogP contribution in [0.5, 0.6) is 0 Å². The first-order chi connectivity index (χ1) is 16.9. The van der Waals surface area contributed by atoms with Crippen molar-refractivity contribution in [3.8, 4) is 11.1 Å². The number of halogens is 1. The van der Waals surface area contributed by atoms with Gasteiger partial charge in [-0.2, -0.15) is 0 Å². The Bertz CT molecular complexity index is 1390. The van der Waals surface area contributed by atoms with E-state index in [9.17, 15) is 19.1 Å². The van der Waals surface area contributed by atoms with Crippen molar-refractivity contribution < 1.29 is 23.8 Å². The number of carbonyl (C=O) groups is 2. The Kier molecular flexibility index (Phi) is 5.95. The van der Waals surface area contributed by atoms with Crippen LogP contribution >= 0.6 is 0 Å². The van der Waals surface area contributed by atoms with Crippen molar-refractivity contribution in [2.45, 2.75) is 24.8 Å². The molecular weight excluding hydrogens is 445 g/mol. The molecule has 6 heteroatoms. The van der Waals surface area contributed by atoms with Crippen LogP contribution < -0.4 is 5.32 Å². The van der Waals surface area contributed by atoms with E-state index < -0.39 is 29.8 Å². The molecule has 0 fully saturated rings. The molecule has 1 aliphatic rings. The number of nitrogens with one attached hydrogen (secondary N) is 1. The number of carboxylic acids is 1. The molecule has 0 aliphatic heterocycles. The highest BCUT2D eigenvalue weighted by atomic mass is 19.1.